The predicted octanol–water partition coefficient (Wildman–Crippen LogP) is 4.65. The van der Waals surface area contributed by atoms with Crippen LogP contribution in [-0.4, -0.2) is 47.3 Å². The van der Waals surface area contributed by atoms with Gasteiger partial charge in [-0.05, 0) is 82.4 Å². The Balaban J connectivity index is 1.91. The first-order valence-electron chi connectivity index (χ1n) is 11.3. The molecule has 1 aliphatic heterocycles. The highest BCUT2D eigenvalue weighted by atomic mass is 79.9. The van der Waals surface area contributed by atoms with E-state index in [1.807, 2.05) is 6.92 Å². The van der Waals surface area contributed by atoms with Gasteiger partial charge in [0.25, 0.3) is 0 Å². The van der Waals surface area contributed by atoms with Crippen LogP contribution in [-0.2, 0) is 14.3 Å². The number of halogens is 1. The summed E-state index contributed by atoms with van der Waals surface area (Å²) in [6.45, 7) is 9.89. The number of carbonyl (C=O) groups excluding carboxylic acids is 1. The molecular formula is C25H31BrN4O3. The molecule has 0 aliphatic carbocycles. The summed E-state index contributed by atoms with van der Waals surface area (Å²) in [5.41, 5.74) is 6.09. The molecule has 3 aromatic rings. The average Bonchev–Trinajstić information content (AvgIpc) is 3.07. The van der Waals surface area contributed by atoms with Crippen LogP contribution in [0.25, 0.3) is 16.7 Å². The molecule has 1 aliphatic rings. The highest BCUT2D eigenvalue weighted by molar-refractivity contribution is 9.10. The van der Waals surface area contributed by atoms with Gasteiger partial charge in [-0.25, -0.2) is 14.8 Å². The lowest BCUT2D eigenvalue weighted by Crippen LogP contribution is -2.33. The van der Waals surface area contributed by atoms with Crippen molar-refractivity contribution in [2.45, 2.75) is 46.6 Å². The molecule has 0 bridgehead atoms. The lowest BCUT2D eigenvalue weighted by atomic mass is 9.89. The third kappa shape index (κ3) is 4.83. The van der Waals surface area contributed by atoms with Crippen molar-refractivity contribution in [3.8, 4) is 5.69 Å². The van der Waals surface area contributed by atoms with Gasteiger partial charge in [0, 0.05) is 29.1 Å². The third-order valence-electron chi connectivity index (χ3n) is 6.27. The standard InChI is InChI=1S/C25H31BrN4O3/c1-14-10-19(26)11-15(2)23(14)30-12-16(3)21-22(28-17(4)29-25(21)30)24(33-20(31)13-32-5)18-6-8-27-9-7-18/h10-12,18,24,27H,6-9,13H2,1-5H3. The summed E-state index contributed by atoms with van der Waals surface area (Å²) in [4.78, 5) is 22.2. The molecule has 2 aromatic heterocycles. The van der Waals surface area contributed by atoms with E-state index in [9.17, 15) is 4.79 Å². The Morgan fingerprint density at radius 3 is 2.45 bits per heavy atom. The van der Waals surface area contributed by atoms with Gasteiger partial charge < -0.3 is 19.4 Å². The zero-order valence-electron chi connectivity index (χ0n) is 19.9. The van der Waals surface area contributed by atoms with E-state index < -0.39 is 6.10 Å². The second-order valence-electron chi connectivity index (χ2n) is 8.86. The molecule has 4 rings (SSSR count). The van der Waals surface area contributed by atoms with Crippen LogP contribution in [0.4, 0.5) is 0 Å². The molecule has 0 amide bonds. The monoisotopic (exact) mass is 514 g/mol. The van der Waals surface area contributed by atoms with Crippen LogP contribution in [0.15, 0.2) is 22.8 Å². The van der Waals surface area contributed by atoms with Crippen molar-refractivity contribution in [2.24, 2.45) is 5.92 Å². The smallest absolute Gasteiger partial charge is 0.332 e. The van der Waals surface area contributed by atoms with Gasteiger partial charge in [0.2, 0.25) is 0 Å². The molecule has 0 spiro atoms. The topological polar surface area (TPSA) is 78.3 Å². The normalized spacial score (nSPS) is 15.7. The number of piperidine rings is 1. The van der Waals surface area contributed by atoms with Crippen molar-refractivity contribution in [3.63, 3.8) is 0 Å². The second kappa shape index (κ2) is 9.91. The molecule has 3 heterocycles. The molecule has 1 unspecified atom stereocenters. The summed E-state index contributed by atoms with van der Waals surface area (Å²) in [5.74, 6) is 0.469. The maximum Gasteiger partial charge on any atom is 0.332 e. The molecule has 7 nitrogen and oxygen atoms in total. The SMILES string of the molecule is COCC(=O)OC(c1nc(C)nc2c1c(C)cn2-c1c(C)cc(Br)cc1C)C1CCNCC1. The first kappa shape index (κ1) is 23.9. The number of esters is 1. The Kier molecular flexibility index (Phi) is 7.16. The number of benzene rings is 1. The number of ether oxygens (including phenoxy) is 2. The van der Waals surface area contributed by atoms with Gasteiger partial charge >= 0.3 is 5.97 Å². The number of hydrogen-bond donors (Lipinski definition) is 1. The molecular weight excluding hydrogens is 484 g/mol. The third-order valence-corrected chi connectivity index (χ3v) is 6.73. The van der Waals surface area contributed by atoms with E-state index in [0.717, 1.165) is 69.5 Å². The molecule has 0 radical (unpaired) electrons. The van der Waals surface area contributed by atoms with Crippen molar-refractivity contribution in [1.82, 2.24) is 19.9 Å². The summed E-state index contributed by atoms with van der Waals surface area (Å²) >= 11 is 3.60. The number of methoxy groups -OCH3 is 1. The maximum absolute atomic E-state index is 12.5. The summed E-state index contributed by atoms with van der Waals surface area (Å²) in [6.07, 6.45) is 3.50. The lowest BCUT2D eigenvalue weighted by molar-refractivity contribution is -0.157. The van der Waals surface area contributed by atoms with Gasteiger partial charge in [0.15, 0.2) is 0 Å². The van der Waals surface area contributed by atoms with Gasteiger partial charge in [0.05, 0.1) is 11.4 Å². The van der Waals surface area contributed by atoms with Gasteiger partial charge in [-0.15, -0.1) is 0 Å². The second-order valence-corrected chi connectivity index (χ2v) is 9.77. The van der Waals surface area contributed by atoms with Crippen molar-refractivity contribution >= 4 is 32.9 Å². The number of fused-ring (bicyclic) bond motifs is 1. The van der Waals surface area contributed by atoms with Crippen LogP contribution >= 0.6 is 15.9 Å². The summed E-state index contributed by atoms with van der Waals surface area (Å²) in [6, 6.07) is 4.23. The fourth-order valence-electron chi connectivity index (χ4n) is 4.93. The van der Waals surface area contributed by atoms with Crippen LogP contribution in [0.3, 0.4) is 0 Å². The zero-order chi connectivity index (χ0) is 23.7. The molecule has 8 heteroatoms. The summed E-state index contributed by atoms with van der Waals surface area (Å²) in [7, 11) is 1.50. The van der Waals surface area contributed by atoms with E-state index in [-0.39, 0.29) is 18.5 Å². The Bertz CT molecular complexity index is 1160. The maximum atomic E-state index is 12.5. The molecule has 176 valence electrons. The number of hydrogen-bond acceptors (Lipinski definition) is 6. The van der Waals surface area contributed by atoms with Gasteiger partial charge in [-0.2, -0.15) is 0 Å². The van der Waals surface area contributed by atoms with Crippen LogP contribution in [0.1, 0.15) is 47.2 Å². The minimum absolute atomic E-state index is 0.0774. The Labute approximate surface area is 203 Å². The molecule has 1 N–H and O–H groups in total. The van der Waals surface area contributed by atoms with E-state index in [1.165, 1.54) is 7.11 Å². The van der Waals surface area contributed by atoms with E-state index in [4.69, 9.17) is 19.4 Å². The molecule has 1 fully saturated rings. The average molecular weight is 515 g/mol. The number of rotatable bonds is 6. The van der Waals surface area contributed by atoms with E-state index in [2.05, 4.69) is 64.9 Å². The fraction of sp³-hybridized carbons (Fsp3) is 0.480. The predicted molar refractivity (Wildman–Crippen MR) is 132 cm³/mol. The van der Waals surface area contributed by atoms with E-state index in [1.54, 1.807) is 0 Å². The number of aryl methyl sites for hydroxylation is 4. The fourth-order valence-corrected chi connectivity index (χ4v) is 5.61. The summed E-state index contributed by atoms with van der Waals surface area (Å²) in [5, 5.41) is 4.35. The molecule has 1 saturated heterocycles. The van der Waals surface area contributed by atoms with Crippen molar-refractivity contribution in [3.05, 3.63) is 51.0 Å². The number of nitrogens with one attached hydrogen (secondary N) is 1. The largest absolute Gasteiger partial charge is 0.454 e. The highest BCUT2D eigenvalue weighted by Gasteiger charge is 2.33. The quantitative estimate of drug-likeness (QED) is 0.482. The van der Waals surface area contributed by atoms with Gasteiger partial charge in [-0.3, -0.25) is 0 Å². The lowest BCUT2D eigenvalue weighted by Gasteiger charge is -2.30. The van der Waals surface area contributed by atoms with Crippen molar-refractivity contribution in [2.75, 3.05) is 26.8 Å². The van der Waals surface area contributed by atoms with Gasteiger partial charge in [0.1, 0.15) is 24.2 Å². The van der Waals surface area contributed by atoms with Crippen LogP contribution < -0.4 is 5.32 Å². The molecule has 0 saturated carbocycles. The highest BCUT2D eigenvalue weighted by Crippen LogP contribution is 2.38. The summed E-state index contributed by atoms with van der Waals surface area (Å²) < 4.78 is 14.3. The molecule has 1 aromatic carbocycles. The van der Waals surface area contributed by atoms with Crippen molar-refractivity contribution in [1.29, 1.82) is 0 Å². The Morgan fingerprint density at radius 1 is 1.15 bits per heavy atom. The zero-order valence-corrected chi connectivity index (χ0v) is 21.5. The number of nitrogens with zero attached hydrogens (tertiary/aromatic N) is 3. The number of aromatic nitrogens is 3. The minimum Gasteiger partial charge on any atom is -0.454 e. The first-order valence-corrected chi connectivity index (χ1v) is 12.1. The van der Waals surface area contributed by atoms with Crippen LogP contribution in [0.5, 0.6) is 0 Å². The van der Waals surface area contributed by atoms with Crippen LogP contribution in [0, 0.1) is 33.6 Å². The first-order chi connectivity index (χ1) is 15.8. The number of carbonyl (C=O) groups is 1. The van der Waals surface area contributed by atoms with E-state index >= 15 is 0 Å². The van der Waals surface area contributed by atoms with Crippen LogP contribution in [0.2, 0.25) is 0 Å². The van der Waals surface area contributed by atoms with Crippen molar-refractivity contribution < 1.29 is 14.3 Å². The minimum atomic E-state index is -0.444. The van der Waals surface area contributed by atoms with Gasteiger partial charge in [-0.1, -0.05) is 15.9 Å². The Hall–Kier alpha value is -2.29. The molecule has 1 atom stereocenters. The van der Waals surface area contributed by atoms with E-state index in [0.29, 0.717) is 5.82 Å². The molecule has 33 heavy (non-hydrogen) atoms. The Morgan fingerprint density at radius 2 is 1.82 bits per heavy atom.